The second-order valence-corrected chi connectivity index (χ2v) is 7.54. The van der Waals surface area contributed by atoms with Crippen molar-refractivity contribution in [2.24, 2.45) is 0 Å². The van der Waals surface area contributed by atoms with E-state index in [9.17, 15) is 9.59 Å². The minimum atomic E-state index is -0.534. The van der Waals surface area contributed by atoms with Crippen LogP contribution in [0.1, 0.15) is 42.1 Å². The third-order valence-electron chi connectivity index (χ3n) is 5.00. The highest BCUT2D eigenvalue weighted by Gasteiger charge is 2.16. The van der Waals surface area contributed by atoms with Gasteiger partial charge in [-0.2, -0.15) is 0 Å². The molecule has 6 nitrogen and oxygen atoms in total. The van der Waals surface area contributed by atoms with Crippen molar-refractivity contribution in [2.45, 2.75) is 44.8 Å². The van der Waals surface area contributed by atoms with Crippen molar-refractivity contribution in [3.8, 4) is 5.75 Å². The number of carbonyl (C=O) groups excluding carboxylic acids is 2. The molecule has 0 aliphatic carbocycles. The van der Waals surface area contributed by atoms with E-state index in [1.807, 2.05) is 25.1 Å². The SMILES string of the molecule is C[C@@H](CCc1ccccc1)NC(=O)COC(=O)c1ccc(OC[C@@H]2CCCO2)cc1. The van der Waals surface area contributed by atoms with Gasteiger partial charge in [0.25, 0.3) is 5.91 Å². The summed E-state index contributed by atoms with van der Waals surface area (Å²) >= 11 is 0. The molecule has 2 aromatic carbocycles. The first-order valence-corrected chi connectivity index (χ1v) is 10.4. The molecule has 0 spiro atoms. The summed E-state index contributed by atoms with van der Waals surface area (Å²) in [6.45, 7) is 2.94. The van der Waals surface area contributed by atoms with E-state index in [1.54, 1.807) is 24.3 Å². The number of amides is 1. The molecule has 6 heteroatoms. The Balaban J connectivity index is 1.35. The van der Waals surface area contributed by atoms with E-state index in [1.165, 1.54) is 5.56 Å². The lowest BCUT2D eigenvalue weighted by atomic mass is 10.1. The summed E-state index contributed by atoms with van der Waals surface area (Å²) in [5.74, 6) is -0.166. The zero-order chi connectivity index (χ0) is 21.2. The second-order valence-electron chi connectivity index (χ2n) is 7.54. The smallest absolute Gasteiger partial charge is 0.338 e. The summed E-state index contributed by atoms with van der Waals surface area (Å²) in [6.07, 6.45) is 3.92. The fourth-order valence-electron chi connectivity index (χ4n) is 3.28. The molecule has 1 saturated heterocycles. The van der Waals surface area contributed by atoms with E-state index in [4.69, 9.17) is 14.2 Å². The zero-order valence-corrected chi connectivity index (χ0v) is 17.3. The van der Waals surface area contributed by atoms with E-state index < -0.39 is 5.97 Å². The van der Waals surface area contributed by atoms with Gasteiger partial charge in [-0.05, 0) is 62.4 Å². The van der Waals surface area contributed by atoms with Crippen molar-refractivity contribution in [2.75, 3.05) is 19.8 Å². The van der Waals surface area contributed by atoms with Crippen LogP contribution in [0.2, 0.25) is 0 Å². The molecule has 1 N–H and O–H groups in total. The van der Waals surface area contributed by atoms with Gasteiger partial charge in [0.05, 0.1) is 11.7 Å². The summed E-state index contributed by atoms with van der Waals surface area (Å²) in [6, 6.07) is 16.8. The molecule has 0 aromatic heterocycles. The lowest BCUT2D eigenvalue weighted by molar-refractivity contribution is -0.124. The van der Waals surface area contributed by atoms with E-state index in [2.05, 4.69) is 17.4 Å². The van der Waals surface area contributed by atoms with Gasteiger partial charge in [0, 0.05) is 12.6 Å². The zero-order valence-electron chi connectivity index (χ0n) is 17.3. The molecule has 0 bridgehead atoms. The number of carbonyl (C=O) groups is 2. The Hall–Kier alpha value is -2.86. The van der Waals surface area contributed by atoms with Crippen molar-refractivity contribution in [1.82, 2.24) is 5.32 Å². The largest absolute Gasteiger partial charge is 0.491 e. The maximum Gasteiger partial charge on any atom is 0.338 e. The molecule has 160 valence electrons. The highest BCUT2D eigenvalue weighted by molar-refractivity contribution is 5.91. The van der Waals surface area contributed by atoms with E-state index in [0.29, 0.717) is 17.9 Å². The number of rotatable bonds is 10. The van der Waals surface area contributed by atoms with Crippen molar-refractivity contribution < 1.29 is 23.8 Å². The van der Waals surface area contributed by atoms with Crippen LogP contribution >= 0.6 is 0 Å². The fraction of sp³-hybridized carbons (Fsp3) is 0.417. The molecule has 0 unspecified atom stereocenters. The topological polar surface area (TPSA) is 73.9 Å². The summed E-state index contributed by atoms with van der Waals surface area (Å²) in [5.41, 5.74) is 1.61. The Kier molecular flexibility index (Phi) is 8.27. The second kappa shape index (κ2) is 11.4. The molecule has 1 amide bonds. The van der Waals surface area contributed by atoms with Gasteiger partial charge >= 0.3 is 5.97 Å². The Morgan fingerprint density at radius 3 is 2.60 bits per heavy atom. The van der Waals surface area contributed by atoms with Gasteiger partial charge in [-0.15, -0.1) is 0 Å². The van der Waals surface area contributed by atoms with Gasteiger partial charge in [0.15, 0.2) is 6.61 Å². The molecular formula is C24H29NO5. The Labute approximate surface area is 177 Å². The molecule has 1 heterocycles. The highest BCUT2D eigenvalue weighted by atomic mass is 16.5. The molecule has 0 saturated carbocycles. The van der Waals surface area contributed by atoms with Gasteiger partial charge in [0.2, 0.25) is 0 Å². The summed E-state index contributed by atoms with van der Waals surface area (Å²) in [7, 11) is 0. The minimum Gasteiger partial charge on any atom is -0.491 e. The third-order valence-corrected chi connectivity index (χ3v) is 5.00. The average Bonchev–Trinajstić information content (AvgIpc) is 3.29. The third kappa shape index (κ3) is 7.19. The highest BCUT2D eigenvalue weighted by Crippen LogP contribution is 2.17. The maximum atomic E-state index is 12.2. The van der Waals surface area contributed by atoms with E-state index >= 15 is 0 Å². The molecule has 1 fully saturated rings. The van der Waals surface area contributed by atoms with Crippen molar-refractivity contribution >= 4 is 11.9 Å². The molecule has 1 aliphatic heterocycles. The number of esters is 1. The van der Waals surface area contributed by atoms with Gasteiger partial charge < -0.3 is 19.5 Å². The Bertz CT molecular complexity index is 800. The molecule has 0 radical (unpaired) electrons. The molecule has 3 rings (SSSR count). The van der Waals surface area contributed by atoms with Crippen LogP contribution in [0, 0.1) is 0 Å². The van der Waals surface area contributed by atoms with Crippen molar-refractivity contribution in [3.63, 3.8) is 0 Å². The summed E-state index contributed by atoms with van der Waals surface area (Å²) in [4.78, 5) is 24.2. The standard InChI is InChI=1S/C24H29NO5/c1-18(9-10-19-6-3-2-4-7-19)25-23(26)17-30-24(27)20-11-13-21(14-12-20)29-16-22-8-5-15-28-22/h2-4,6-7,11-14,18,22H,5,8-10,15-17H2,1H3,(H,25,26)/t18-,22-/m0/s1. The quantitative estimate of drug-likeness (QED) is 0.606. The number of hydrogen-bond donors (Lipinski definition) is 1. The lowest BCUT2D eigenvalue weighted by Gasteiger charge is -2.14. The van der Waals surface area contributed by atoms with Crippen LogP contribution in [0.3, 0.4) is 0 Å². The number of nitrogens with one attached hydrogen (secondary N) is 1. The molecule has 30 heavy (non-hydrogen) atoms. The van der Waals surface area contributed by atoms with Crippen LogP contribution in [0.4, 0.5) is 0 Å². The Morgan fingerprint density at radius 2 is 1.90 bits per heavy atom. The minimum absolute atomic E-state index is 0.00307. The predicted octanol–water partition coefficient (Wildman–Crippen LogP) is 3.54. The van der Waals surface area contributed by atoms with Crippen LogP contribution < -0.4 is 10.1 Å². The van der Waals surface area contributed by atoms with Crippen LogP contribution in [0.5, 0.6) is 5.75 Å². The fourth-order valence-corrected chi connectivity index (χ4v) is 3.28. The Morgan fingerprint density at radius 1 is 1.13 bits per heavy atom. The summed E-state index contributed by atoms with van der Waals surface area (Å²) < 4.78 is 16.3. The van der Waals surface area contributed by atoms with Crippen LogP contribution in [-0.4, -0.2) is 43.8 Å². The number of benzene rings is 2. The summed E-state index contributed by atoms with van der Waals surface area (Å²) in [5, 5.41) is 2.86. The molecule has 2 atom stereocenters. The predicted molar refractivity (Wildman–Crippen MR) is 114 cm³/mol. The normalized spacial score (nSPS) is 16.6. The first-order chi connectivity index (χ1) is 14.6. The van der Waals surface area contributed by atoms with E-state index in [-0.39, 0.29) is 24.7 Å². The van der Waals surface area contributed by atoms with Crippen molar-refractivity contribution in [3.05, 3.63) is 65.7 Å². The van der Waals surface area contributed by atoms with Crippen LogP contribution in [0.15, 0.2) is 54.6 Å². The van der Waals surface area contributed by atoms with Gasteiger partial charge in [-0.1, -0.05) is 30.3 Å². The first kappa shape index (κ1) is 21.8. The number of ether oxygens (including phenoxy) is 3. The number of aryl methyl sites for hydroxylation is 1. The van der Waals surface area contributed by atoms with Gasteiger partial charge in [-0.25, -0.2) is 4.79 Å². The maximum absolute atomic E-state index is 12.2. The molecular weight excluding hydrogens is 382 g/mol. The first-order valence-electron chi connectivity index (χ1n) is 10.4. The van der Waals surface area contributed by atoms with Gasteiger partial charge in [0.1, 0.15) is 12.4 Å². The molecule has 2 aromatic rings. The monoisotopic (exact) mass is 411 g/mol. The van der Waals surface area contributed by atoms with E-state index in [0.717, 1.165) is 32.3 Å². The average molecular weight is 411 g/mol. The van der Waals surface area contributed by atoms with Gasteiger partial charge in [-0.3, -0.25) is 4.79 Å². The van der Waals surface area contributed by atoms with Crippen LogP contribution in [0.25, 0.3) is 0 Å². The van der Waals surface area contributed by atoms with Crippen LogP contribution in [-0.2, 0) is 20.7 Å². The molecule has 1 aliphatic rings. The van der Waals surface area contributed by atoms with Crippen molar-refractivity contribution in [1.29, 1.82) is 0 Å². The number of hydrogen-bond acceptors (Lipinski definition) is 5. The lowest BCUT2D eigenvalue weighted by Crippen LogP contribution is -2.36.